The van der Waals surface area contributed by atoms with E-state index in [9.17, 15) is 14.2 Å². The maximum atomic E-state index is 12.4. The fourth-order valence-electron chi connectivity index (χ4n) is 7.15. The zero-order chi connectivity index (χ0) is 40.1. The second-order valence-electron chi connectivity index (χ2n) is 16.1. The fraction of sp³-hybridized carbons (Fsp3) is 0.911. The lowest BCUT2D eigenvalue weighted by Crippen LogP contribution is -2.29. The van der Waals surface area contributed by atoms with E-state index in [0.717, 1.165) is 57.8 Å². The third-order valence-corrected chi connectivity index (χ3v) is 11.2. The molecule has 1 saturated heterocycles. The van der Waals surface area contributed by atoms with Crippen molar-refractivity contribution in [2.24, 2.45) is 0 Å². The Morgan fingerprint density at radius 3 is 1.49 bits per heavy atom. The number of epoxide rings is 1. The van der Waals surface area contributed by atoms with Crippen LogP contribution in [0.2, 0.25) is 0 Å². The van der Waals surface area contributed by atoms with E-state index in [4.69, 9.17) is 24.0 Å². The number of phosphoric ester groups is 1. The van der Waals surface area contributed by atoms with E-state index in [1.165, 1.54) is 135 Å². The Morgan fingerprint density at radius 1 is 0.564 bits per heavy atom. The minimum Gasteiger partial charge on any atom is -0.462 e. The molecule has 0 aromatic rings. The van der Waals surface area contributed by atoms with Gasteiger partial charge in [-0.1, -0.05) is 193 Å². The summed E-state index contributed by atoms with van der Waals surface area (Å²) in [5, 5.41) is 0. The Balaban J connectivity index is 2.00. The molecule has 1 fully saturated rings. The van der Waals surface area contributed by atoms with Crippen molar-refractivity contribution in [2.75, 3.05) is 13.2 Å². The second-order valence-corrected chi connectivity index (χ2v) is 17.4. The van der Waals surface area contributed by atoms with Crippen LogP contribution in [-0.4, -0.2) is 53.3 Å². The highest BCUT2D eigenvalue weighted by molar-refractivity contribution is 7.46. The van der Waals surface area contributed by atoms with Gasteiger partial charge in [0.2, 0.25) is 0 Å². The molecule has 55 heavy (non-hydrogen) atoms. The zero-order valence-electron chi connectivity index (χ0n) is 35.5. The van der Waals surface area contributed by atoms with E-state index in [1.807, 2.05) is 0 Å². The lowest BCUT2D eigenvalue weighted by Gasteiger charge is -2.18. The van der Waals surface area contributed by atoms with Gasteiger partial charge in [0.25, 0.3) is 0 Å². The number of phosphoric acid groups is 1. The first-order chi connectivity index (χ1) is 26.7. The summed E-state index contributed by atoms with van der Waals surface area (Å²) in [5.74, 6) is -0.893. The molecule has 0 saturated carbocycles. The van der Waals surface area contributed by atoms with Crippen LogP contribution in [0.5, 0.6) is 0 Å². The third kappa shape index (κ3) is 36.8. The van der Waals surface area contributed by atoms with Crippen molar-refractivity contribution in [3.05, 3.63) is 12.2 Å². The van der Waals surface area contributed by atoms with Crippen LogP contribution in [0.15, 0.2) is 12.2 Å². The van der Waals surface area contributed by atoms with Crippen LogP contribution >= 0.6 is 7.82 Å². The summed E-state index contributed by atoms with van der Waals surface area (Å²) in [6.07, 6.45) is 44.0. The van der Waals surface area contributed by atoms with Gasteiger partial charge in [0.1, 0.15) is 6.61 Å². The standard InChI is InChI=1S/C45H85O9P/c1-3-5-7-8-9-10-11-12-13-14-15-16-17-18-19-20-21-22-27-30-34-38-45(47)53-41(40-52-55(48,49)50)39-51-44(46)37-33-29-26-24-23-25-28-32-36-43-42(54-43)35-31-6-4-2/h28,32,41-43H,3-27,29-31,33-40H2,1-2H3,(H2,48,49,50)/b32-28-/t41-,42?,43?/m1/s1. The predicted molar refractivity (Wildman–Crippen MR) is 225 cm³/mol. The van der Waals surface area contributed by atoms with Gasteiger partial charge in [-0.2, -0.15) is 0 Å². The number of rotatable bonds is 42. The largest absolute Gasteiger partial charge is 0.469 e. The summed E-state index contributed by atoms with van der Waals surface area (Å²) in [6, 6.07) is 0. The zero-order valence-corrected chi connectivity index (χ0v) is 36.4. The summed E-state index contributed by atoms with van der Waals surface area (Å²) in [6.45, 7) is 3.67. The predicted octanol–water partition coefficient (Wildman–Crippen LogP) is 13.2. The lowest BCUT2D eigenvalue weighted by atomic mass is 10.0. The lowest BCUT2D eigenvalue weighted by molar-refractivity contribution is -0.161. The molecule has 0 aliphatic carbocycles. The Kier molecular flexibility index (Phi) is 34.9. The molecule has 1 rings (SSSR count). The van der Waals surface area contributed by atoms with Gasteiger partial charge >= 0.3 is 19.8 Å². The third-order valence-electron chi connectivity index (χ3n) is 10.7. The molecule has 10 heteroatoms. The fourth-order valence-corrected chi connectivity index (χ4v) is 7.51. The molecule has 0 aromatic heterocycles. The van der Waals surface area contributed by atoms with Gasteiger partial charge in [-0.25, -0.2) is 4.57 Å². The van der Waals surface area contributed by atoms with Gasteiger partial charge < -0.3 is 24.0 Å². The second kappa shape index (κ2) is 37.0. The van der Waals surface area contributed by atoms with Gasteiger partial charge in [0, 0.05) is 12.8 Å². The molecule has 324 valence electrons. The summed E-state index contributed by atoms with van der Waals surface area (Å²) < 4.78 is 32.2. The number of hydrogen-bond donors (Lipinski definition) is 2. The average Bonchev–Trinajstić information content (AvgIpc) is 3.91. The van der Waals surface area contributed by atoms with Crippen molar-refractivity contribution >= 4 is 19.8 Å². The highest BCUT2D eigenvalue weighted by Crippen LogP contribution is 2.36. The molecule has 1 heterocycles. The average molecular weight is 801 g/mol. The monoisotopic (exact) mass is 801 g/mol. The smallest absolute Gasteiger partial charge is 0.462 e. The van der Waals surface area contributed by atoms with E-state index in [1.54, 1.807) is 0 Å². The van der Waals surface area contributed by atoms with Crippen molar-refractivity contribution < 1.29 is 42.7 Å². The first-order valence-electron chi connectivity index (χ1n) is 23.1. The number of ether oxygens (including phenoxy) is 3. The van der Waals surface area contributed by atoms with E-state index >= 15 is 0 Å². The molecular weight excluding hydrogens is 715 g/mol. The number of allylic oxidation sites excluding steroid dienone is 1. The molecule has 9 nitrogen and oxygen atoms in total. The number of carbonyl (C=O) groups is 2. The number of esters is 2. The maximum absolute atomic E-state index is 12.4. The van der Waals surface area contributed by atoms with Crippen LogP contribution < -0.4 is 0 Å². The molecule has 0 amide bonds. The topological polar surface area (TPSA) is 132 Å². The Labute approximate surface area is 337 Å². The minimum atomic E-state index is -4.76. The van der Waals surface area contributed by atoms with E-state index in [-0.39, 0.29) is 19.4 Å². The first kappa shape index (κ1) is 51.8. The molecule has 2 N–H and O–H groups in total. The van der Waals surface area contributed by atoms with Crippen molar-refractivity contribution in [3.63, 3.8) is 0 Å². The number of unbranched alkanes of at least 4 members (excludes halogenated alkanes) is 27. The van der Waals surface area contributed by atoms with Crippen LogP contribution in [0, 0.1) is 0 Å². The summed E-state index contributed by atoms with van der Waals surface area (Å²) in [5.41, 5.74) is 0. The Morgan fingerprint density at radius 2 is 1.00 bits per heavy atom. The SMILES string of the molecule is CCCCCCCCCCCCCCCCCCCCCCCC(=O)O[C@H](COC(=O)CCCCCCC/C=C\CC1OC1CCCCC)COP(=O)(O)O. The molecular formula is C45H85O9P. The summed E-state index contributed by atoms with van der Waals surface area (Å²) >= 11 is 0. The van der Waals surface area contributed by atoms with Crippen LogP contribution in [-0.2, 0) is 32.9 Å². The van der Waals surface area contributed by atoms with Crippen LogP contribution in [0.25, 0.3) is 0 Å². The summed E-state index contributed by atoms with van der Waals surface area (Å²) in [4.78, 5) is 43.0. The molecule has 3 atom stereocenters. The first-order valence-corrected chi connectivity index (χ1v) is 24.6. The molecule has 1 aliphatic heterocycles. The van der Waals surface area contributed by atoms with Crippen molar-refractivity contribution in [1.29, 1.82) is 0 Å². The van der Waals surface area contributed by atoms with Crippen LogP contribution in [0.1, 0.15) is 232 Å². The van der Waals surface area contributed by atoms with Gasteiger partial charge in [-0.05, 0) is 38.5 Å². The molecule has 0 aromatic carbocycles. The van der Waals surface area contributed by atoms with Gasteiger partial charge in [0.05, 0.1) is 18.8 Å². The van der Waals surface area contributed by atoms with Crippen molar-refractivity contribution in [1.82, 2.24) is 0 Å². The highest BCUT2D eigenvalue weighted by atomic mass is 31.2. The highest BCUT2D eigenvalue weighted by Gasteiger charge is 2.36. The number of hydrogen-bond acceptors (Lipinski definition) is 7. The van der Waals surface area contributed by atoms with Crippen LogP contribution in [0.3, 0.4) is 0 Å². The van der Waals surface area contributed by atoms with E-state index in [0.29, 0.717) is 25.0 Å². The quantitative estimate of drug-likeness (QED) is 0.0203. The van der Waals surface area contributed by atoms with E-state index < -0.39 is 32.5 Å². The molecule has 1 aliphatic rings. The van der Waals surface area contributed by atoms with Crippen LogP contribution in [0.4, 0.5) is 0 Å². The molecule has 0 spiro atoms. The summed E-state index contributed by atoms with van der Waals surface area (Å²) in [7, 11) is -4.76. The van der Waals surface area contributed by atoms with Crippen molar-refractivity contribution in [2.45, 2.75) is 250 Å². The van der Waals surface area contributed by atoms with Gasteiger partial charge in [-0.15, -0.1) is 0 Å². The molecule has 2 unspecified atom stereocenters. The minimum absolute atomic E-state index is 0.212. The molecule has 0 radical (unpaired) electrons. The number of carbonyl (C=O) groups excluding carboxylic acids is 2. The molecule has 0 bridgehead atoms. The normalized spacial score (nSPS) is 16.1. The maximum Gasteiger partial charge on any atom is 0.469 e. The van der Waals surface area contributed by atoms with E-state index in [2.05, 4.69) is 30.5 Å². The Hall–Kier alpha value is -1.25. The van der Waals surface area contributed by atoms with Crippen molar-refractivity contribution in [3.8, 4) is 0 Å². The van der Waals surface area contributed by atoms with Gasteiger partial charge in [-0.3, -0.25) is 14.1 Å². The Bertz CT molecular complexity index is 968. The van der Waals surface area contributed by atoms with Gasteiger partial charge in [0.15, 0.2) is 6.10 Å².